The quantitative estimate of drug-likeness (QED) is 0.889. The molecule has 1 heterocycles. The van der Waals surface area contributed by atoms with Gasteiger partial charge in [0, 0.05) is 12.2 Å². The largest absolute Gasteiger partial charge is 0.345 e. The number of hydrogen-bond donors (Lipinski definition) is 2. The van der Waals surface area contributed by atoms with Crippen molar-refractivity contribution in [3.63, 3.8) is 0 Å². The molecule has 3 rings (SSSR count). The number of hydrogen-bond acceptors (Lipinski definition) is 3. The summed E-state index contributed by atoms with van der Waals surface area (Å²) < 4.78 is 1.87. The van der Waals surface area contributed by atoms with E-state index in [1.165, 1.54) is 5.56 Å². The van der Waals surface area contributed by atoms with Crippen molar-refractivity contribution in [2.75, 3.05) is 6.54 Å². The predicted octanol–water partition coefficient (Wildman–Crippen LogP) is 2.24. The summed E-state index contributed by atoms with van der Waals surface area (Å²) in [4.78, 5) is 12.6. The summed E-state index contributed by atoms with van der Waals surface area (Å²) in [6.07, 6.45) is 5.85. The average molecular weight is 312 g/mol. The summed E-state index contributed by atoms with van der Waals surface area (Å²) in [7, 11) is 0. The Morgan fingerprint density at radius 2 is 2.00 bits per heavy atom. The number of carbonyl (C=O) groups is 1. The third-order valence-corrected chi connectivity index (χ3v) is 4.85. The van der Waals surface area contributed by atoms with Gasteiger partial charge in [0.15, 0.2) is 0 Å². The molecule has 0 atom stereocenters. The molecule has 2 aromatic rings. The summed E-state index contributed by atoms with van der Waals surface area (Å²) in [6, 6.07) is 10.1. The predicted molar refractivity (Wildman–Crippen MR) is 90.2 cm³/mol. The summed E-state index contributed by atoms with van der Waals surface area (Å²) in [5.41, 5.74) is 8.37. The molecule has 0 aliphatic heterocycles. The van der Waals surface area contributed by atoms with Crippen LogP contribution in [0.2, 0.25) is 0 Å². The van der Waals surface area contributed by atoms with Gasteiger partial charge in [-0.05, 0) is 25.3 Å². The van der Waals surface area contributed by atoms with Crippen LogP contribution in [-0.4, -0.2) is 27.8 Å². The Bertz CT molecular complexity index is 672. The molecular formula is C18H24N4O. The van der Waals surface area contributed by atoms with Crippen LogP contribution in [0.25, 0.3) is 0 Å². The van der Waals surface area contributed by atoms with Crippen LogP contribution in [-0.2, 0) is 6.54 Å². The molecule has 0 bridgehead atoms. The number of aromatic nitrogens is 2. The molecule has 5 heteroatoms. The number of benzene rings is 1. The second-order valence-electron chi connectivity index (χ2n) is 6.43. The van der Waals surface area contributed by atoms with Crippen molar-refractivity contribution in [1.29, 1.82) is 0 Å². The van der Waals surface area contributed by atoms with E-state index in [2.05, 4.69) is 22.5 Å². The molecule has 1 aromatic heterocycles. The van der Waals surface area contributed by atoms with Crippen LogP contribution in [0.15, 0.2) is 36.5 Å². The van der Waals surface area contributed by atoms with Crippen molar-refractivity contribution in [3.8, 4) is 0 Å². The van der Waals surface area contributed by atoms with Gasteiger partial charge in [0.05, 0.1) is 23.8 Å². The van der Waals surface area contributed by atoms with E-state index >= 15 is 0 Å². The van der Waals surface area contributed by atoms with Gasteiger partial charge in [0.2, 0.25) is 0 Å². The summed E-state index contributed by atoms with van der Waals surface area (Å²) in [5, 5.41) is 7.54. The van der Waals surface area contributed by atoms with Gasteiger partial charge < -0.3 is 11.1 Å². The molecule has 0 spiro atoms. The Hall–Kier alpha value is -2.14. The third-order valence-electron chi connectivity index (χ3n) is 4.85. The van der Waals surface area contributed by atoms with Crippen LogP contribution < -0.4 is 11.1 Å². The highest BCUT2D eigenvalue weighted by atomic mass is 16.1. The summed E-state index contributed by atoms with van der Waals surface area (Å²) in [5.74, 6) is -0.0610. The van der Waals surface area contributed by atoms with Crippen LogP contribution in [0.4, 0.5) is 0 Å². The molecule has 23 heavy (non-hydrogen) atoms. The van der Waals surface area contributed by atoms with Crippen LogP contribution in [0.1, 0.15) is 47.3 Å². The normalized spacial score (nSPS) is 16.4. The summed E-state index contributed by atoms with van der Waals surface area (Å²) >= 11 is 0. The molecule has 0 saturated heterocycles. The molecule has 1 aromatic carbocycles. The first-order valence-corrected chi connectivity index (χ1v) is 8.22. The Morgan fingerprint density at radius 1 is 1.30 bits per heavy atom. The van der Waals surface area contributed by atoms with Crippen molar-refractivity contribution in [1.82, 2.24) is 15.1 Å². The maximum atomic E-state index is 12.6. The Balaban J connectivity index is 1.75. The molecule has 1 fully saturated rings. The lowest BCUT2D eigenvalue weighted by molar-refractivity contribution is 0.0902. The second kappa shape index (κ2) is 6.54. The van der Waals surface area contributed by atoms with Gasteiger partial charge in [-0.3, -0.25) is 9.48 Å². The standard InChI is InChI=1S/C18H24N4O/c1-14-16(17(23)21-18(13-19)9-5-6-10-18)11-20-22(14)12-15-7-3-2-4-8-15/h2-4,7-8,11H,5-6,9-10,12-13,19H2,1H3,(H,21,23). The zero-order chi connectivity index (χ0) is 16.3. The smallest absolute Gasteiger partial charge is 0.255 e. The molecule has 122 valence electrons. The second-order valence-corrected chi connectivity index (χ2v) is 6.43. The minimum absolute atomic E-state index is 0.0610. The SMILES string of the molecule is Cc1c(C(=O)NC2(CN)CCCC2)cnn1Cc1ccccc1. The topological polar surface area (TPSA) is 72.9 Å². The van der Waals surface area contributed by atoms with Crippen molar-refractivity contribution in [3.05, 3.63) is 53.3 Å². The molecule has 1 aliphatic rings. The highest BCUT2D eigenvalue weighted by molar-refractivity contribution is 5.95. The minimum atomic E-state index is -0.231. The van der Waals surface area contributed by atoms with Gasteiger partial charge in [-0.2, -0.15) is 5.10 Å². The maximum absolute atomic E-state index is 12.6. The van der Waals surface area contributed by atoms with Gasteiger partial charge in [0.1, 0.15) is 0 Å². The Morgan fingerprint density at radius 3 is 2.65 bits per heavy atom. The van der Waals surface area contributed by atoms with Crippen molar-refractivity contribution < 1.29 is 4.79 Å². The number of nitrogens with two attached hydrogens (primary N) is 1. The first-order chi connectivity index (χ1) is 11.1. The van der Waals surface area contributed by atoms with E-state index in [-0.39, 0.29) is 11.4 Å². The number of carbonyl (C=O) groups excluding carboxylic acids is 1. The van der Waals surface area contributed by atoms with E-state index in [9.17, 15) is 4.79 Å². The van der Waals surface area contributed by atoms with Crippen molar-refractivity contribution in [2.45, 2.75) is 44.7 Å². The van der Waals surface area contributed by atoms with Gasteiger partial charge in [-0.25, -0.2) is 0 Å². The van der Waals surface area contributed by atoms with Gasteiger partial charge in [-0.1, -0.05) is 43.2 Å². The highest BCUT2D eigenvalue weighted by Crippen LogP contribution is 2.29. The average Bonchev–Trinajstić information content (AvgIpc) is 3.17. The van der Waals surface area contributed by atoms with E-state index in [0.29, 0.717) is 18.7 Å². The zero-order valence-corrected chi connectivity index (χ0v) is 13.6. The van der Waals surface area contributed by atoms with Gasteiger partial charge >= 0.3 is 0 Å². The van der Waals surface area contributed by atoms with Crippen LogP contribution in [0.3, 0.4) is 0 Å². The maximum Gasteiger partial charge on any atom is 0.255 e. The fraction of sp³-hybridized carbons (Fsp3) is 0.444. The lowest BCUT2D eigenvalue weighted by Gasteiger charge is -2.28. The van der Waals surface area contributed by atoms with E-state index in [1.54, 1.807) is 6.20 Å². The Kier molecular flexibility index (Phi) is 4.48. The Labute approximate surface area is 136 Å². The lowest BCUT2D eigenvalue weighted by Crippen LogP contribution is -2.51. The molecule has 5 nitrogen and oxygen atoms in total. The molecule has 0 unspecified atom stereocenters. The van der Waals surface area contributed by atoms with Gasteiger partial charge in [-0.15, -0.1) is 0 Å². The highest BCUT2D eigenvalue weighted by Gasteiger charge is 2.34. The van der Waals surface area contributed by atoms with E-state index in [4.69, 9.17) is 5.73 Å². The minimum Gasteiger partial charge on any atom is -0.345 e. The number of nitrogens with one attached hydrogen (secondary N) is 1. The lowest BCUT2D eigenvalue weighted by atomic mass is 9.97. The molecule has 0 radical (unpaired) electrons. The fourth-order valence-corrected chi connectivity index (χ4v) is 3.33. The third kappa shape index (κ3) is 3.29. The van der Waals surface area contributed by atoms with Gasteiger partial charge in [0.25, 0.3) is 5.91 Å². The summed E-state index contributed by atoms with van der Waals surface area (Å²) in [6.45, 7) is 3.10. The number of rotatable bonds is 5. The fourth-order valence-electron chi connectivity index (χ4n) is 3.33. The number of nitrogens with zero attached hydrogens (tertiary/aromatic N) is 2. The molecular weight excluding hydrogens is 288 g/mol. The zero-order valence-electron chi connectivity index (χ0n) is 13.6. The first kappa shape index (κ1) is 15.7. The molecule has 1 amide bonds. The van der Waals surface area contributed by atoms with E-state index in [0.717, 1.165) is 31.4 Å². The monoisotopic (exact) mass is 312 g/mol. The number of amides is 1. The van der Waals surface area contributed by atoms with Crippen molar-refractivity contribution in [2.24, 2.45) is 5.73 Å². The van der Waals surface area contributed by atoms with Crippen LogP contribution in [0, 0.1) is 6.92 Å². The van der Waals surface area contributed by atoms with E-state index in [1.807, 2.05) is 29.8 Å². The molecule has 1 aliphatic carbocycles. The first-order valence-electron chi connectivity index (χ1n) is 8.22. The van der Waals surface area contributed by atoms with Crippen LogP contribution >= 0.6 is 0 Å². The van der Waals surface area contributed by atoms with Crippen LogP contribution in [0.5, 0.6) is 0 Å². The molecule has 3 N–H and O–H groups in total. The molecule has 1 saturated carbocycles. The van der Waals surface area contributed by atoms with Crippen molar-refractivity contribution >= 4 is 5.91 Å². The van der Waals surface area contributed by atoms with E-state index < -0.39 is 0 Å².